The van der Waals surface area contributed by atoms with E-state index in [1.54, 1.807) is 4.90 Å². The van der Waals surface area contributed by atoms with Gasteiger partial charge in [0.05, 0.1) is 12.6 Å². The maximum absolute atomic E-state index is 11.5. The molecule has 0 bridgehead atoms. The normalized spacial score (nSPS) is 15.6. The summed E-state index contributed by atoms with van der Waals surface area (Å²) in [4.78, 5) is 23.5. The number of carbonyl (C=O) groups is 2. The molecule has 0 radical (unpaired) electrons. The number of nitrogens with one attached hydrogen (secondary N) is 1. The van der Waals surface area contributed by atoms with Crippen molar-refractivity contribution in [3.63, 3.8) is 0 Å². The number of hydrogen-bond acceptors (Lipinski definition) is 5. The minimum atomic E-state index is -0.822. The highest BCUT2D eigenvalue weighted by Crippen LogP contribution is 2.20. The molecule has 1 aliphatic rings. The zero-order valence-corrected chi connectivity index (χ0v) is 9.11. The summed E-state index contributed by atoms with van der Waals surface area (Å²) in [7, 11) is 0. The summed E-state index contributed by atoms with van der Waals surface area (Å²) in [6, 6.07) is -0.229. The first-order valence-electron chi connectivity index (χ1n) is 4.70. The molecule has 16 heavy (non-hydrogen) atoms. The van der Waals surface area contributed by atoms with E-state index in [0.717, 1.165) is 11.5 Å². The first-order chi connectivity index (χ1) is 7.65. The molecule has 1 aromatic rings. The standard InChI is InChI=1S/C8H10N4O3S/c13-7(14)1-5-3-12(4-5)8(15)10-6-2-9-11-16-6/h2,5H,1,3-4H2,(H,10,15)(H,13,14). The minimum Gasteiger partial charge on any atom is -0.481 e. The van der Waals surface area contributed by atoms with Crippen molar-refractivity contribution in [1.29, 1.82) is 0 Å². The lowest BCUT2D eigenvalue weighted by molar-refractivity contribution is -0.139. The van der Waals surface area contributed by atoms with Crippen molar-refractivity contribution in [3.05, 3.63) is 6.20 Å². The molecule has 0 atom stereocenters. The molecule has 2 heterocycles. The Morgan fingerprint density at radius 1 is 1.62 bits per heavy atom. The molecule has 1 aliphatic heterocycles. The Kier molecular flexibility index (Phi) is 3.00. The molecule has 0 aromatic carbocycles. The number of anilines is 1. The maximum atomic E-state index is 11.5. The summed E-state index contributed by atoms with van der Waals surface area (Å²) in [6.07, 6.45) is 1.59. The van der Waals surface area contributed by atoms with Crippen LogP contribution in [0, 0.1) is 5.92 Å². The quantitative estimate of drug-likeness (QED) is 0.803. The van der Waals surface area contributed by atoms with Crippen LogP contribution in [0.1, 0.15) is 6.42 Å². The van der Waals surface area contributed by atoms with Crippen molar-refractivity contribution in [3.8, 4) is 0 Å². The predicted molar refractivity (Wildman–Crippen MR) is 56.2 cm³/mol. The molecule has 2 rings (SSSR count). The number of urea groups is 1. The lowest BCUT2D eigenvalue weighted by Gasteiger charge is -2.38. The van der Waals surface area contributed by atoms with Gasteiger partial charge in [0.25, 0.3) is 0 Å². The summed E-state index contributed by atoms with van der Waals surface area (Å²) in [5, 5.41) is 15.4. The lowest BCUT2D eigenvalue weighted by atomic mass is 9.97. The van der Waals surface area contributed by atoms with Crippen LogP contribution in [0.25, 0.3) is 0 Å². The van der Waals surface area contributed by atoms with Crippen LogP contribution < -0.4 is 5.32 Å². The highest BCUT2D eigenvalue weighted by molar-refractivity contribution is 7.10. The summed E-state index contributed by atoms with van der Waals surface area (Å²) < 4.78 is 3.61. The van der Waals surface area contributed by atoms with Crippen LogP contribution in [0.5, 0.6) is 0 Å². The number of hydrogen-bond donors (Lipinski definition) is 2. The number of carbonyl (C=O) groups excluding carboxylic acids is 1. The average Bonchev–Trinajstić information content (AvgIpc) is 2.62. The van der Waals surface area contributed by atoms with Gasteiger partial charge in [0.15, 0.2) is 0 Å². The molecular formula is C8H10N4O3S. The van der Waals surface area contributed by atoms with Gasteiger partial charge in [-0.1, -0.05) is 4.49 Å². The fraction of sp³-hybridized carbons (Fsp3) is 0.500. The Morgan fingerprint density at radius 2 is 2.38 bits per heavy atom. The Bertz CT molecular complexity index is 388. The fourth-order valence-electron chi connectivity index (χ4n) is 1.52. The van der Waals surface area contributed by atoms with Crippen LogP contribution in [0.2, 0.25) is 0 Å². The zero-order valence-electron chi connectivity index (χ0n) is 8.29. The van der Waals surface area contributed by atoms with Gasteiger partial charge < -0.3 is 10.0 Å². The maximum Gasteiger partial charge on any atom is 0.322 e. The molecule has 2 amide bonds. The third-order valence-corrected chi connectivity index (χ3v) is 2.88. The van der Waals surface area contributed by atoms with Gasteiger partial charge in [-0.2, -0.15) is 0 Å². The Hall–Kier alpha value is -1.70. The van der Waals surface area contributed by atoms with Gasteiger partial charge in [-0.25, -0.2) is 4.79 Å². The zero-order chi connectivity index (χ0) is 11.5. The molecule has 86 valence electrons. The second-order valence-corrected chi connectivity index (χ2v) is 4.37. The van der Waals surface area contributed by atoms with Gasteiger partial charge in [-0.15, -0.1) is 5.10 Å². The summed E-state index contributed by atoms with van der Waals surface area (Å²) in [5.41, 5.74) is 0. The first-order valence-corrected chi connectivity index (χ1v) is 5.47. The second kappa shape index (κ2) is 4.44. The molecule has 1 aromatic heterocycles. The van der Waals surface area contributed by atoms with E-state index in [4.69, 9.17) is 5.11 Å². The van der Waals surface area contributed by atoms with Crippen molar-refractivity contribution in [2.24, 2.45) is 5.92 Å². The van der Waals surface area contributed by atoms with Crippen LogP contribution in [-0.4, -0.2) is 44.7 Å². The molecular weight excluding hydrogens is 232 g/mol. The molecule has 1 saturated heterocycles. The van der Waals surface area contributed by atoms with E-state index in [-0.39, 0.29) is 18.4 Å². The van der Waals surface area contributed by atoms with E-state index < -0.39 is 5.97 Å². The molecule has 0 saturated carbocycles. The largest absolute Gasteiger partial charge is 0.481 e. The van der Waals surface area contributed by atoms with Crippen LogP contribution in [0.15, 0.2) is 6.20 Å². The summed E-state index contributed by atoms with van der Waals surface area (Å²) in [5.74, 6) is -0.750. The predicted octanol–water partition coefficient (Wildman–Crippen LogP) is 0.476. The van der Waals surface area contributed by atoms with E-state index >= 15 is 0 Å². The topological polar surface area (TPSA) is 95.4 Å². The van der Waals surface area contributed by atoms with Crippen LogP contribution in [-0.2, 0) is 4.79 Å². The lowest BCUT2D eigenvalue weighted by Crippen LogP contribution is -2.52. The van der Waals surface area contributed by atoms with Crippen molar-refractivity contribution < 1.29 is 14.7 Å². The molecule has 0 spiro atoms. The second-order valence-electron chi connectivity index (χ2n) is 3.58. The van der Waals surface area contributed by atoms with Crippen LogP contribution in [0.4, 0.5) is 9.80 Å². The molecule has 0 unspecified atom stereocenters. The average molecular weight is 242 g/mol. The third-order valence-electron chi connectivity index (χ3n) is 2.30. The number of nitrogens with zero attached hydrogens (tertiary/aromatic N) is 3. The van der Waals surface area contributed by atoms with Crippen molar-refractivity contribution in [2.75, 3.05) is 18.4 Å². The van der Waals surface area contributed by atoms with Crippen LogP contribution in [0.3, 0.4) is 0 Å². The molecule has 0 aliphatic carbocycles. The van der Waals surface area contributed by atoms with E-state index in [1.807, 2.05) is 0 Å². The number of carboxylic acids is 1. The van der Waals surface area contributed by atoms with Crippen molar-refractivity contribution in [2.45, 2.75) is 6.42 Å². The van der Waals surface area contributed by atoms with Crippen molar-refractivity contribution in [1.82, 2.24) is 14.5 Å². The van der Waals surface area contributed by atoms with Gasteiger partial charge in [0, 0.05) is 30.5 Å². The Balaban J connectivity index is 1.75. The molecule has 8 heteroatoms. The number of amides is 2. The van der Waals surface area contributed by atoms with Crippen LogP contribution >= 0.6 is 11.5 Å². The van der Waals surface area contributed by atoms with Crippen molar-refractivity contribution >= 4 is 28.5 Å². The highest BCUT2D eigenvalue weighted by Gasteiger charge is 2.32. The third kappa shape index (κ3) is 2.45. The van der Waals surface area contributed by atoms with Gasteiger partial charge in [0.1, 0.15) is 5.00 Å². The van der Waals surface area contributed by atoms with Gasteiger partial charge in [-0.3, -0.25) is 10.1 Å². The first kappa shape index (κ1) is 10.8. The van der Waals surface area contributed by atoms with E-state index in [2.05, 4.69) is 14.9 Å². The minimum absolute atomic E-state index is 0.0721. The number of likely N-dealkylation sites (tertiary alicyclic amines) is 1. The van der Waals surface area contributed by atoms with Gasteiger partial charge in [0.2, 0.25) is 0 Å². The molecule has 7 nitrogen and oxygen atoms in total. The van der Waals surface area contributed by atoms with E-state index in [0.29, 0.717) is 18.1 Å². The molecule has 1 fully saturated rings. The number of aromatic nitrogens is 2. The van der Waals surface area contributed by atoms with Gasteiger partial charge in [-0.05, 0) is 0 Å². The number of rotatable bonds is 3. The Labute approximate surface area is 95.2 Å². The molecule has 2 N–H and O–H groups in total. The van der Waals surface area contributed by atoms with Gasteiger partial charge >= 0.3 is 12.0 Å². The number of carboxylic acid groups (broad SMARTS) is 1. The number of aliphatic carboxylic acids is 1. The van der Waals surface area contributed by atoms with E-state index in [1.165, 1.54) is 6.20 Å². The smallest absolute Gasteiger partial charge is 0.322 e. The monoisotopic (exact) mass is 242 g/mol. The fourth-order valence-corrected chi connectivity index (χ4v) is 1.93. The summed E-state index contributed by atoms with van der Waals surface area (Å²) >= 11 is 1.10. The summed E-state index contributed by atoms with van der Waals surface area (Å²) in [6.45, 7) is 0.981. The Morgan fingerprint density at radius 3 is 2.94 bits per heavy atom. The highest BCUT2D eigenvalue weighted by atomic mass is 32.1. The SMILES string of the molecule is O=C(O)CC1CN(C(=O)Nc2cnns2)C1. The van der Waals surface area contributed by atoms with E-state index in [9.17, 15) is 9.59 Å².